The van der Waals surface area contributed by atoms with Crippen LogP contribution in [0, 0.1) is 6.92 Å². The van der Waals surface area contributed by atoms with E-state index in [1.807, 2.05) is 25.1 Å². The number of aryl methyl sites for hydroxylation is 3. The number of hydrogen-bond acceptors (Lipinski definition) is 2. The van der Waals surface area contributed by atoms with Gasteiger partial charge in [-0.15, -0.1) is 0 Å². The van der Waals surface area contributed by atoms with Gasteiger partial charge in [0.2, 0.25) is 0 Å². The highest BCUT2D eigenvalue weighted by molar-refractivity contribution is 5.75. The number of ether oxygens (including phenoxy) is 1. The molecule has 2 nitrogen and oxygen atoms in total. The third-order valence-electron chi connectivity index (χ3n) is 3.88. The molecule has 0 unspecified atom stereocenters. The second-order valence-corrected chi connectivity index (χ2v) is 5.38. The molecule has 0 atom stereocenters. The van der Waals surface area contributed by atoms with Crippen LogP contribution in [0.1, 0.15) is 39.9 Å². The maximum atomic E-state index is 10.7. The fourth-order valence-corrected chi connectivity index (χ4v) is 2.76. The van der Waals surface area contributed by atoms with Crippen LogP contribution in [-0.2, 0) is 12.8 Å². The Kier molecular flexibility index (Phi) is 3.55. The van der Waals surface area contributed by atoms with E-state index in [9.17, 15) is 4.79 Å². The van der Waals surface area contributed by atoms with E-state index in [1.54, 1.807) is 6.07 Å². The lowest BCUT2D eigenvalue weighted by atomic mass is 9.92. The SMILES string of the molecule is Cc1cc(C=O)ccc1Oc1ccc2c(c1)CCCC2. The quantitative estimate of drug-likeness (QED) is 0.766. The summed E-state index contributed by atoms with van der Waals surface area (Å²) in [5.41, 5.74) is 4.53. The lowest BCUT2D eigenvalue weighted by Crippen LogP contribution is -2.02. The summed E-state index contributed by atoms with van der Waals surface area (Å²) in [7, 11) is 0. The molecule has 0 heterocycles. The third kappa shape index (κ3) is 2.60. The Labute approximate surface area is 119 Å². The van der Waals surface area contributed by atoms with Gasteiger partial charge < -0.3 is 4.74 Å². The molecule has 1 aliphatic rings. The van der Waals surface area contributed by atoms with Gasteiger partial charge in [0.25, 0.3) is 0 Å². The van der Waals surface area contributed by atoms with Crippen molar-refractivity contribution in [2.75, 3.05) is 0 Å². The van der Waals surface area contributed by atoms with Crippen LogP contribution in [0.3, 0.4) is 0 Å². The minimum atomic E-state index is 0.681. The van der Waals surface area contributed by atoms with E-state index >= 15 is 0 Å². The van der Waals surface area contributed by atoms with E-state index in [4.69, 9.17) is 4.74 Å². The van der Waals surface area contributed by atoms with Gasteiger partial charge in [-0.25, -0.2) is 0 Å². The van der Waals surface area contributed by atoms with E-state index in [2.05, 4.69) is 12.1 Å². The maximum Gasteiger partial charge on any atom is 0.150 e. The summed E-state index contributed by atoms with van der Waals surface area (Å²) in [5.74, 6) is 1.69. The summed E-state index contributed by atoms with van der Waals surface area (Å²) in [6.07, 6.45) is 5.75. The second kappa shape index (κ2) is 5.49. The maximum absolute atomic E-state index is 10.7. The molecule has 1 aliphatic carbocycles. The molecule has 0 aliphatic heterocycles. The lowest BCUT2D eigenvalue weighted by molar-refractivity contribution is 0.112. The minimum absolute atomic E-state index is 0.681. The molecule has 102 valence electrons. The molecule has 0 saturated carbocycles. The molecule has 0 aromatic heterocycles. The fourth-order valence-electron chi connectivity index (χ4n) is 2.76. The Morgan fingerprint density at radius 2 is 1.80 bits per heavy atom. The molecular weight excluding hydrogens is 248 g/mol. The molecule has 2 heteroatoms. The molecule has 0 fully saturated rings. The number of aldehydes is 1. The summed E-state index contributed by atoms with van der Waals surface area (Å²) in [6.45, 7) is 1.96. The van der Waals surface area contributed by atoms with Gasteiger partial charge >= 0.3 is 0 Å². The van der Waals surface area contributed by atoms with E-state index in [-0.39, 0.29) is 0 Å². The zero-order valence-corrected chi connectivity index (χ0v) is 11.7. The molecule has 0 N–H and O–H groups in total. The Hall–Kier alpha value is -2.09. The molecule has 2 aromatic carbocycles. The van der Waals surface area contributed by atoms with Crippen LogP contribution in [-0.4, -0.2) is 6.29 Å². The van der Waals surface area contributed by atoms with Crippen LogP contribution in [0.25, 0.3) is 0 Å². The van der Waals surface area contributed by atoms with Crippen molar-refractivity contribution in [3.05, 3.63) is 58.7 Å². The summed E-state index contributed by atoms with van der Waals surface area (Å²) >= 11 is 0. The van der Waals surface area contributed by atoms with Gasteiger partial charge in [-0.1, -0.05) is 6.07 Å². The van der Waals surface area contributed by atoms with Crippen LogP contribution in [0.5, 0.6) is 11.5 Å². The average Bonchev–Trinajstić information content (AvgIpc) is 2.49. The van der Waals surface area contributed by atoms with Crippen molar-refractivity contribution in [2.24, 2.45) is 0 Å². The number of carbonyl (C=O) groups is 1. The van der Waals surface area contributed by atoms with Crippen molar-refractivity contribution in [3.63, 3.8) is 0 Å². The first kappa shape index (κ1) is 12.9. The normalized spacial score (nSPS) is 13.7. The smallest absolute Gasteiger partial charge is 0.150 e. The number of carbonyl (C=O) groups excluding carboxylic acids is 1. The molecule has 0 bridgehead atoms. The Morgan fingerprint density at radius 3 is 2.55 bits per heavy atom. The van der Waals surface area contributed by atoms with Gasteiger partial charge in [0.15, 0.2) is 0 Å². The zero-order chi connectivity index (χ0) is 13.9. The first-order chi connectivity index (χ1) is 9.76. The molecule has 0 amide bonds. The highest BCUT2D eigenvalue weighted by Gasteiger charge is 2.10. The van der Waals surface area contributed by atoms with Crippen LogP contribution in [0.2, 0.25) is 0 Å². The molecular formula is C18H18O2. The molecule has 0 spiro atoms. The number of benzene rings is 2. The van der Waals surface area contributed by atoms with Crippen molar-refractivity contribution in [3.8, 4) is 11.5 Å². The largest absolute Gasteiger partial charge is 0.457 e. The highest BCUT2D eigenvalue weighted by Crippen LogP contribution is 2.30. The standard InChI is InChI=1S/C18H18O2/c1-13-10-14(12-19)6-9-18(13)20-17-8-7-15-4-2-3-5-16(15)11-17/h6-12H,2-5H2,1H3. The summed E-state index contributed by atoms with van der Waals surface area (Å²) < 4.78 is 5.96. The topological polar surface area (TPSA) is 26.3 Å². The van der Waals surface area contributed by atoms with Crippen molar-refractivity contribution < 1.29 is 9.53 Å². The van der Waals surface area contributed by atoms with Gasteiger partial charge in [-0.05, 0) is 79.6 Å². The molecule has 20 heavy (non-hydrogen) atoms. The number of rotatable bonds is 3. The predicted molar refractivity (Wildman–Crippen MR) is 79.7 cm³/mol. The lowest BCUT2D eigenvalue weighted by Gasteiger charge is -2.17. The van der Waals surface area contributed by atoms with E-state index < -0.39 is 0 Å². The fraction of sp³-hybridized carbons (Fsp3) is 0.278. The Bertz CT molecular complexity index is 644. The van der Waals surface area contributed by atoms with Gasteiger partial charge in [0, 0.05) is 5.56 Å². The third-order valence-corrected chi connectivity index (χ3v) is 3.88. The predicted octanol–water partition coefficient (Wildman–Crippen LogP) is 4.48. The van der Waals surface area contributed by atoms with Crippen molar-refractivity contribution in [1.29, 1.82) is 0 Å². The van der Waals surface area contributed by atoms with E-state index in [1.165, 1.54) is 30.4 Å². The summed E-state index contributed by atoms with van der Waals surface area (Å²) in [6, 6.07) is 11.9. The molecule has 3 rings (SSSR count). The second-order valence-electron chi connectivity index (χ2n) is 5.38. The van der Waals surface area contributed by atoms with Crippen molar-refractivity contribution in [2.45, 2.75) is 32.6 Å². The van der Waals surface area contributed by atoms with Crippen LogP contribution in [0.15, 0.2) is 36.4 Å². The molecule has 0 radical (unpaired) electrons. The van der Waals surface area contributed by atoms with Crippen LogP contribution >= 0.6 is 0 Å². The first-order valence-corrected chi connectivity index (χ1v) is 7.12. The Morgan fingerprint density at radius 1 is 1.00 bits per heavy atom. The highest BCUT2D eigenvalue weighted by atomic mass is 16.5. The molecule has 0 saturated heterocycles. The van der Waals surface area contributed by atoms with Crippen LogP contribution in [0.4, 0.5) is 0 Å². The number of fused-ring (bicyclic) bond motifs is 1. The van der Waals surface area contributed by atoms with Crippen molar-refractivity contribution in [1.82, 2.24) is 0 Å². The zero-order valence-electron chi connectivity index (χ0n) is 11.7. The summed E-state index contributed by atoms with van der Waals surface area (Å²) in [5, 5.41) is 0. The first-order valence-electron chi connectivity index (χ1n) is 7.12. The Balaban J connectivity index is 1.86. The monoisotopic (exact) mass is 266 g/mol. The van der Waals surface area contributed by atoms with Crippen molar-refractivity contribution >= 4 is 6.29 Å². The van der Waals surface area contributed by atoms with E-state index in [0.29, 0.717) is 5.56 Å². The minimum Gasteiger partial charge on any atom is -0.457 e. The van der Waals surface area contributed by atoms with Gasteiger partial charge in [-0.2, -0.15) is 0 Å². The van der Waals surface area contributed by atoms with Gasteiger partial charge in [-0.3, -0.25) is 4.79 Å². The summed E-state index contributed by atoms with van der Waals surface area (Å²) in [4.78, 5) is 10.7. The number of hydrogen-bond donors (Lipinski definition) is 0. The average molecular weight is 266 g/mol. The van der Waals surface area contributed by atoms with Gasteiger partial charge in [0.05, 0.1) is 0 Å². The van der Waals surface area contributed by atoms with E-state index in [0.717, 1.165) is 29.8 Å². The molecule has 2 aromatic rings. The van der Waals surface area contributed by atoms with Crippen LogP contribution < -0.4 is 4.74 Å². The van der Waals surface area contributed by atoms with Gasteiger partial charge in [0.1, 0.15) is 17.8 Å².